The van der Waals surface area contributed by atoms with Gasteiger partial charge in [-0.3, -0.25) is 9.59 Å². The van der Waals surface area contributed by atoms with Gasteiger partial charge in [0.05, 0.1) is 10.5 Å². The van der Waals surface area contributed by atoms with Crippen LogP contribution in [0.25, 0.3) is 0 Å². The van der Waals surface area contributed by atoms with Crippen molar-refractivity contribution in [3.63, 3.8) is 0 Å². The summed E-state index contributed by atoms with van der Waals surface area (Å²) in [6.07, 6.45) is -1.03. The van der Waals surface area contributed by atoms with Gasteiger partial charge in [-0.05, 0) is 26.0 Å². The third-order valence-corrected chi connectivity index (χ3v) is 4.19. The van der Waals surface area contributed by atoms with Gasteiger partial charge >= 0.3 is 5.97 Å². The summed E-state index contributed by atoms with van der Waals surface area (Å²) in [5.74, 6) is -1.37. The standard InChI is InChI=1S/C14H17N3O5S/c1-3-16-14(19)10(2)22-13(18)9-17-23(20,21)12-7-5-4-6-11(12)8-15/h4-7,10,17H,3,9H2,1-2H3,(H,16,19)/t10-/m1/s1. The first-order valence-corrected chi connectivity index (χ1v) is 8.26. The lowest BCUT2D eigenvalue weighted by Crippen LogP contribution is -2.38. The van der Waals surface area contributed by atoms with E-state index in [-0.39, 0.29) is 10.5 Å². The van der Waals surface area contributed by atoms with Crippen molar-refractivity contribution < 1.29 is 22.7 Å². The zero-order chi connectivity index (χ0) is 17.5. The Morgan fingerprint density at radius 1 is 1.35 bits per heavy atom. The fourth-order valence-corrected chi connectivity index (χ4v) is 2.76. The van der Waals surface area contributed by atoms with Gasteiger partial charge in [-0.1, -0.05) is 12.1 Å². The van der Waals surface area contributed by atoms with Gasteiger partial charge in [0.15, 0.2) is 6.10 Å². The molecule has 0 spiro atoms. The van der Waals surface area contributed by atoms with Crippen LogP contribution in [0.1, 0.15) is 19.4 Å². The summed E-state index contributed by atoms with van der Waals surface area (Å²) in [4.78, 5) is 22.8. The minimum absolute atomic E-state index is 0.0379. The van der Waals surface area contributed by atoms with Gasteiger partial charge < -0.3 is 10.1 Å². The van der Waals surface area contributed by atoms with Crippen molar-refractivity contribution in [1.82, 2.24) is 10.0 Å². The largest absolute Gasteiger partial charge is 0.452 e. The number of carbonyl (C=O) groups excluding carboxylic acids is 2. The van der Waals surface area contributed by atoms with Crippen LogP contribution in [0.3, 0.4) is 0 Å². The number of sulfonamides is 1. The molecule has 0 aromatic heterocycles. The molecule has 0 unspecified atom stereocenters. The maximum atomic E-state index is 12.1. The zero-order valence-corrected chi connectivity index (χ0v) is 13.5. The lowest BCUT2D eigenvalue weighted by Gasteiger charge is -2.13. The van der Waals surface area contributed by atoms with Crippen LogP contribution < -0.4 is 10.0 Å². The molecular formula is C14H17N3O5S. The molecule has 0 radical (unpaired) electrons. The summed E-state index contributed by atoms with van der Waals surface area (Å²) in [5, 5.41) is 11.4. The monoisotopic (exact) mass is 339 g/mol. The van der Waals surface area contributed by atoms with Gasteiger partial charge in [0.25, 0.3) is 5.91 Å². The smallest absolute Gasteiger partial charge is 0.321 e. The fourth-order valence-electron chi connectivity index (χ4n) is 1.64. The zero-order valence-electron chi connectivity index (χ0n) is 12.7. The summed E-state index contributed by atoms with van der Waals surface area (Å²) in [7, 11) is -4.04. The highest BCUT2D eigenvalue weighted by molar-refractivity contribution is 7.89. The number of esters is 1. The third-order valence-electron chi connectivity index (χ3n) is 2.73. The number of nitriles is 1. The molecule has 1 rings (SSSR count). The van der Waals surface area contributed by atoms with E-state index in [0.29, 0.717) is 6.54 Å². The lowest BCUT2D eigenvalue weighted by atomic mass is 10.2. The third kappa shape index (κ3) is 5.36. The number of hydrogen-bond acceptors (Lipinski definition) is 6. The molecule has 0 saturated carbocycles. The molecule has 0 aliphatic rings. The number of nitrogens with zero attached hydrogens (tertiary/aromatic N) is 1. The number of rotatable bonds is 7. The summed E-state index contributed by atoms with van der Waals surface area (Å²) in [5.41, 5.74) is -0.0379. The first kappa shape index (κ1) is 18.6. The van der Waals surface area contributed by atoms with Gasteiger partial charge in [-0.2, -0.15) is 9.98 Å². The molecule has 1 aromatic carbocycles. The Morgan fingerprint density at radius 3 is 2.61 bits per heavy atom. The quantitative estimate of drug-likeness (QED) is 0.669. The van der Waals surface area contributed by atoms with Crippen LogP contribution in [0.15, 0.2) is 29.2 Å². The Labute approximate surface area is 134 Å². The summed E-state index contributed by atoms with van der Waals surface area (Å²) < 4.78 is 31.0. The minimum Gasteiger partial charge on any atom is -0.452 e. The first-order chi connectivity index (χ1) is 10.8. The molecule has 1 atom stereocenters. The molecule has 1 aromatic rings. The summed E-state index contributed by atoms with van der Waals surface area (Å²) in [6.45, 7) is 2.83. The van der Waals surface area contributed by atoms with E-state index in [1.807, 2.05) is 4.72 Å². The van der Waals surface area contributed by atoms with Crippen LogP contribution in [-0.4, -0.2) is 39.5 Å². The molecule has 0 heterocycles. The highest BCUT2D eigenvalue weighted by Gasteiger charge is 2.21. The number of hydrogen-bond donors (Lipinski definition) is 2. The maximum Gasteiger partial charge on any atom is 0.321 e. The predicted octanol–water partition coefficient (Wildman–Crippen LogP) is -0.0956. The number of carbonyl (C=O) groups is 2. The Morgan fingerprint density at radius 2 is 2.00 bits per heavy atom. The molecule has 8 nitrogen and oxygen atoms in total. The summed E-state index contributed by atoms with van der Waals surface area (Å²) >= 11 is 0. The van der Waals surface area contributed by atoms with Crippen LogP contribution in [0.5, 0.6) is 0 Å². The number of ether oxygens (including phenoxy) is 1. The van der Waals surface area contributed by atoms with E-state index in [2.05, 4.69) is 5.32 Å². The molecule has 124 valence electrons. The van der Waals surface area contributed by atoms with Gasteiger partial charge in [-0.15, -0.1) is 0 Å². The van der Waals surface area contributed by atoms with Gasteiger partial charge in [-0.25, -0.2) is 8.42 Å². The number of likely N-dealkylation sites (N-methyl/N-ethyl adjacent to an activating group) is 1. The number of benzene rings is 1. The predicted molar refractivity (Wildman–Crippen MR) is 80.6 cm³/mol. The van der Waals surface area contributed by atoms with Crippen LogP contribution in [-0.2, 0) is 24.3 Å². The Kier molecular flexibility index (Phi) is 6.68. The second-order valence-electron chi connectivity index (χ2n) is 4.46. The molecule has 0 aliphatic carbocycles. The van der Waals surface area contributed by atoms with Crippen molar-refractivity contribution in [2.75, 3.05) is 13.1 Å². The average Bonchev–Trinajstić information content (AvgIpc) is 2.53. The van der Waals surface area contributed by atoms with E-state index in [1.54, 1.807) is 13.0 Å². The first-order valence-electron chi connectivity index (χ1n) is 6.77. The van der Waals surface area contributed by atoms with Crippen LogP contribution >= 0.6 is 0 Å². The van der Waals surface area contributed by atoms with E-state index in [9.17, 15) is 18.0 Å². The van der Waals surface area contributed by atoms with Crippen LogP contribution in [0.4, 0.5) is 0 Å². The average molecular weight is 339 g/mol. The second-order valence-corrected chi connectivity index (χ2v) is 6.19. The van der Waals surface area contributed by atoms with Crippen LogP contribution in [0.2, 0.25) is 0 Å². The van der Waals surface area contributed by atoms with Crippen molar-refractivity contribution in [2.24, 2.45) is 0 Å². The van der Waals surface area contributed by atoms with Gasteiger partial charge in [0.1, 0.15) is 12.6 Å². The molecule has 1 amide bonds. The Bertz CT molecular complexity index is 724. The van der Waals surface area contributed by atoms with E-state index >= 15 is 0 Å². The number of nitrogens with one attached hydrogen (secondary N) is 2. The molecular weight excluding hydrogens is 322 g/mol. The van der Waals surface area contributed by atoms with E-state index in [0.717, 1.165) is 0 Å². The molecule has 0 fully saturated rings. The van der Waals surface area contributed by atoms with Gasteiger partial charge in [0.2, 0.25) is 10.0 Å². The van der Waals surface area contributed by atoms with Crippen LogP contribution in [0, 0.1) is 11.3 Å². The maximum absolute atomic E-state index is 12.1. The van der Waals surface area contributed by atoms with E-state index in [1.165, 1.54) is 31.2 Å². The van der Waals surface area contributed by atoms with Gasteiger partial charge in [0, 0.05) is 6.54 Å². The van der Waals surface area contributed by atoms with E-state index < -0.39 is 34.5 Å². The lowest BCUT2D eigenvalue weighted by molar-refractivity contribution is -0.153. The highest BCUT2D eigenvalue weighted by Crippen LogP contribution is 2.13. The van der Waals surface area contributed by atoms with Crippen molar-refractivity contribution in [1.29, 1.82) is 5.26 Å². The molecule has 0 saturated heterocycles. The number of amides is 1. The van der Waals surface area contributed by atoms with E-state index in [4.69, 9.17) is 10.00 Å². The molecule has 0 aliphatic heterocycles. The SMILES string of the molecule is CCNC(=O)[C@@H](C)OC(=O)CNS(=O)(=O)c1ccccc1C#N. The second kappa shape index (κ2) is 8.26. The Hall–Kier alpha value is -2.44. The van der Waals surface area contributed by atoms with Crippen molar-refractivity contribution >= 4 is 21.9 Å². The van der Waals surface area contributed by atoms with Crippen molar-refractivity contribution in [3.05, 3.63) is 29.8 Å². The fraction of sp³-hybridized carbons (Fsp3) is 0.357. The van der Waals surface area contributed by atoms with Crippen molar-refractivity contribution in [3.8, 4) is 6.07 Å². The Balaban J connectivity index is 2.68. The normalized spacial score (nSPS) is 12.0. The summed E-state index contributed by atoms with van der Waals surface area (Å²) in [6, 6.07) is 7.36. The molecule has 0 bridgehead atoms. The topological polar surface area (TPSA) is 125 Å². The molecule has 2 N–H and O–H groups in total. The minimum atomic E-state index is -4.04. The molecule has 9 heteroatoms. The molecule has 23 heavy (non-hydrogen) atoms. The highest BCUT2D eigenvalue weighted by atomic mass is 32.2. The van der Waals surface area contributed by atoms with Crippen molar-refractivity contribution in [2.45, 2.75) is 24.8 Å².